The third-order valence-electron chi connectivity index (χ3n) is 6.09. The molecule has 3 aromatic rings. The van der Waals surface area contributed by atoms with Gasteiger partial charge in [0.1, 0.15) is 11.0 Å². The van der Waals surface area contributed by atoms with Crippen molar-refractivity contribution >= 4 is 11.6 Å². The molecule has 0 unspecified atom stereocenters. The van der Waals surface area contributed by atoms with Crippen LogP contribution in [0.15, 0.2) is 42.5 Å². The summed E-state index contributed by atoms with van der Waals surface area (Å²) in [7, 11) is 2.14. The normalized spacial score (nSPS) is 22.4. The van der Waals surface area contributed by atoms with Crippen LogP contribution in [0.25, 0.3) is 5.69 Å². The lowest BCUT2D eigenvalue weighted by Crippen LogP contribution is -2.17. The molecule has 0 N–H and O–H groups in total. The van der Waals surface area contributed by atoms with Crippen LogP contribution in [0.4, 0.5) is 0 Å². The first kappa shape index (κ1) is 17.8. The fraction of sp³-hybridized carbons (Fsp3) is 0.409. The van der Waals surface area contributed by atoms with Crippen molar-refractivity contribution in [2.75, 3.05) is 7.05 Å². The highest BCUT2D eigenvalue weighted by atomic mass is 35.5. The molecule has 2 aliphatic rings. The molecular formula is C22H24ClN5. The third kappa shape index (κ3) is 3.23. The fourth-order valence-corrected chi connectivity index (χ4v) is 4.88. The van der Waals surface area contributed by atoms with E-state index in [1.54, 1.807) is 0 Å². The summed E-state index contributed by atoms with van der Waals surface area (Å²) in [5, 5.41) is 9.82. The molecule has 1 fully saturated rings. The van der Waals surface area contributed by atoms with Gasteiger partial charge in [0.25, 0.3) is 0 Å². The number of para-hydroxylation sites is 1. The maximum Gasteiger partial charge on any atom is 0.151 e. The highest BCUT2D eigenvalue weighted by Gasteiger charge is 2.30. The lowest BCUT2D eigenvalue weighted by Gasteiger charge is -2.28. The molecule has 0 saturated heterocycles. The average molecular weight is 394 g/mol. The maximum atomic E-state index is 6.09. The van der Waals surface area contributed by atoms with E-state index in [4.69, 9.17) is 11.6 Å². The monoisotopic (exact) mass is 393 g/mol. The number of nitrogens with zero attached hydrogens (tertiary/aromatic N) is 5. The number of halogens is 1. The Hall–Kier alpha value is -2.24. The average Bonchev–Trinajstić information content (AvgIpc) is 3.05. The highest BCUT2D eigenvalue weighted by Crippen LogP contribution is 2.40. The molecule has 0 radical (unpaired) electrons. The maximum absolute atomic E-state index is 6.09. The summed E-state index contributed by atoms with van der Waals surface area (Å²) >= 11 is 6.09. The van der Waals surface area contributed by atoms with Crippen LogP contribution in [0, 0.1) is 0 Å². The van der Waals surface area contributed by atoms with Crippen molar-refractivity contribution in [3.8, 4) is 5.69 Å². The van der Waals surface area contributed by atoms with Crippen molar-refractivity contribution in [3.05, 3.63) is 70.5 Å². The first-order valence-corrected chi connectivity index (χ1v) is 10.4. The predicted molar refractivity (Wildman–Crippen MR) is 110 cm³/mol. The lowest BCUT2D eigenvalue weighted by atomic mass is 9.80. The van der Waals surface area contributed by atoms with Gasteiger partial charge >= 0.3 is 0 Å². The second-order valence-electron chi connectivity index (χ2n) is 8.04. The summed E-state index contributed by atoms with van der Waals surface area (Å²) in [5.74, 6) is 3.09. The van der Waals surface area contributed by atoms with E-state index >= 15 is 0 Å². The van der Waals surface area contributed by atoms with E-state index in [0.29, 0.717) is 17.0 Å². The van der Waals surface area contributed by atoms with Gasteiger partial charge in [0, 0.05) is 24.1 Å². The first-order valence-electron chi connectivity index (χ1n) is 10.0. The van der Waals surface area contributed by atoms with Crippen molar-refractivity contribution in [3.63, 3.8) is 0 Å². The Morgan fingerprint density at radius 2 is 1.68 bits per heavy atom. The number of hydrogen-bond acceptors (Lipinski definition) is 4. The van der Waals surface area contributed by atoms with Crippen LogP contribution >= 0.6 is 11.6 Å². The molecular weight excluding hydrogens is 370 g/mol. The molecule has 1 aliphatic carbocycles. The minimum Gasteiger partial charge on any atom is -0.295 e. The van der Waals surface area contributed by atoms with Gasteiger partial charge in [-0.3, -0.25) is 9.47 Å². The topological polar surface area (TPSA) is 46.8 Å². The molecule has 2 aromatic heterocycles. The van der Waals surface area contributed by atoms with Crippen molar-refractivity contribution < 1.29 is 0 Å². The molecule has 5 rings (SSSR count). The van der Waals surface area contributed by atoms with Gasteiger partial charge in [-0.2, -0.15) is 0 Å². The molecule has 1 aliphatic heterocycles. The number of fused-ring (bicyclic) bond motifs is 3. The Balaban J connectivity index is 1.43. The Labute approximate surface area is 170 Å². The van der Waals surface area contributed by atoms with Gasteiger partial charge in [0.2, 0.25) is 0 Å². The van der Waals surface area contributed by atoms with E-state index in [1.165, 1.54) is 11.3 Å². The van der Waals surface area contributed by atoms with Crippen LogP contribution in [0.5, 0.6) is 0 Å². The minimum absolute atomic E-state index is 0.438. The summed E-state index contributed by atoms with van der Waals surface area (Å²) < 4.78 is 2.32. The SMILES string of the molecule is CN1Cc2ccccc2-n2c(nnc2C2CCC(c3cccc(Cl)n3)CC2)C1. The zero-order chi connectivity index (χ0) is 19.1. The van der Waals surface area contributed by atoms with Crippen molar-refractivity contribution in [2.24, 2.45) is 0 Å². The molecule has 6 heteroatoms. The predicted octanol–water partition coefficient (Wildman–Crippen LogP) is 4.70. The van der Waals surface area contributed by atoms with Gasteiger partial charge in [-0.05, 0) is 56.5 Å². The van der Waals surface area contributed by atoms with Gasteiger partial charge in [-0.15, -0.1) is 10.2 Å². The molecule has 0 amide bonds. The van der Waals surface area contributed by atoms with E-state index in [-0.39, 0.29) is 0 Å². The highest BCUT2D eigenvalue weighted by molar-refractivity contribution is 6.29. The zero-order valence-corrected chi connectivity index (χ0v) is 16.8. The van der Waals surface area contributed by atoms with Crippen molar-refractivity contribution in [2.45, 2.75) is 50.6 Å². The molecule has 1 saturated carbocycles. The van der Waals surface area contributed by atoms with Gasteiger partial charge < -0.3 is 0 Å². The van der Waals surface area contributed by atoms with Gasteiger partial charge in [0.05, 0.1) is 12.2 Å². The molecule has 3 heterocycles. The molecule has 28 heavy (non-hydrogen) atoms. The summed E-state index contributed by atoms with van der Waals surface area (Å²) in [6.45, 7) is 1.76. The summed E-state index contributed by atoms with van der Waals surface area (Å²) in [6.07, 6.45) is 4.44. The molecule has 0 spiro atoms. The van der Waals surface area contributed by atoms with E-state index in [2.05, 4.69) is 62.0 Å². The second kappa shape index (κ2) is 7.30. The standard InChI is InChI=1S/C22H24ClN5/c1-27-13-17-5-2-3-7-19(17)28-21(14-27)25-26-22(28)16-11-9-15(10-12-16)18-6-4-8-20(23)24-18/h2-8,15-16H,9-14H2,1H3. The Bertz CT molecular complexity index is 990. The smallest absolute Gasteiger partial charge is 0.151 e. The lowest BCUT2D eigenvalue weighted by molar-refractivity contribution is 0.315. The van der Waals surface area contributed by atoms with E-state index in [0.717, 1.165) is 56.1 Å². The van der Waals surface area contributed by atoms with Gasteiger partial charge in [-0.1, -0.05) is 35.9 Å². The largest absolute Gasteiger partial charge is 0.295 e. The summed E-state index contributed by atoms with van der Waals surface area (Å²) in [6, 6.07) is 14.6. The van der Waals surface area contributed by atoms with E-state index in [1.807, 2.05) is 12.1 Å². The van der Waals surface area contributed by atoms with Gasteiger partial charge in [0.15, 0.2) is 5.82 Å². The molecule has 1 aromatic carbocycles. The molecule has 144 valence electrons. The fourth-order valence-electron chi connectivity index (χ4n) is 4.71. The summed E-state index contributed by atoms with van der Waals surface area (Å²) in [5.41, 5.74) is 3.69. The molecule has 0 bridgehead atoms. The molecule has 5 nitrogen and oxygen atoms in total. The Kier molecular flexibility index (Phi) is 4.65. The van der Waals surface area contributed by atoms with Crippen molar-refractivity contribution in [1.82, 2.24) is 24.6 Å². The van der Waals surface area contributed by atoms with Crippen LogP contribution in [0.2, 0.25) is 5.15 Å². The zero-order valence-electron chi connectivity index (χ0n) is 16.1. The van der Waals surface area contributed by atoms with E-state index < -0.39 is 0 Å². The van der Waals surface area contributed by atoms with Crippen LogP contribution in [-0.4, -0.2) is 31.7 Å². The first-order chi connectivity index (χ1) is 13.7. The van der Waals surface area contributed by atoms with Gasteiger partial charge in [-0.25, -0.2) is 4.98 Å². The van der Waals surface area contributed by atoms with Crippen LogP contribution in [-0.2, 0) is 13.1 Å². The van der Waals surface area contributed by atoms with E-state index in [9.17, 15) is 0 Å². The van der Waals surface area contributed by atoms with Crippen LogP contribution < -0.4 is 0 Å². The number of rotatable bonds is 2. The molecule has 0 atom stereocenters. The number of pyridine rings is 1. The van der Waals surface area contributed by atoms with Crippen molar-refractivity contribution in [1.29, 1.82) is 0 Å². The van der Waals surface area contributed by atoms with Crippen LogP contribution in [0.3, 0.4) is 0 Å². The minimum atomic E-state index is 0.438. The second-order valence-corrected chi connectivity index (χ2v) is 8.43. The Morgan fingerprint density at radius 1 is 0.893 bits per heavy atom. The number of hydrogen-bond donors (Lipinski definition) is 0. The Morgan fingerprint density at radius 3 is 2.50 bits per heavy atom. The number of benzene rings is 1. The van der Waals surface area contributed by atoms with Crippen LogP contribution in [0.1, 0.15) is 60.4 Å². The number of aromatic nitrogens is 4. The summed E-state index contributed by atoms with van der Waals surface area (Å²) in [4.78, 5) is 6.84. The quantitative estimate of drug-likeness (QED) is 0.592. The third-order valence-corrected chi connectivity index (χ3v) is 6.30.